The van der Waals surface area contributed by atoms with Crippen LogP contribution in [0.4, 0.5) is 0 Å². The molecule has 1 atom stereocenters. The molecule has 0 amide bonds. The van der Waals surface area contributed by atoms with E-state index in [1.54, 1.807) is 0 Å². The Balaban J connectivity index is 1.86. The molecule has 1 aliphatic carbocycles. The van der Waals surface area contributed by atoms with Gasteiger partial charge in [-0.2, -0.15) is 0 Å². The fraction of sp³-hybridized carbons (Fsp3) is 0.412. The lowest BCUT2D eigenvalue weighted by molar-refractivity contribution is 0.531. The van der Waals surface area contributed by atoms with E-state index in [9.17, 15) is 0 Å². The van der Waals surface area contributed by atoms with Gasteiger partial charge < -0.3 is 5.32 Å². The zero-order valence-electron chi connectivity index (χ0n) is 12.0. The molecule has 104 valence electrons. The van der Waals surface area contributed by atoms with Crippen LogP contribution in [0.5, 0.6) is 0 Å². The Kier molecular flexibility index (Phi) is 4.07. The average Bonchev–Trinajstić information content (AvgIpc) is 2.69. The van der Waals surface area contributed by atoms with Crippen molar-refractivity contribution in [1.82, 2.24) is 15.3 Å². The van der Waals surface area contributed by atoms with Gasteiger partial charge in [0.15, 0.2) is 0 Å². The molecule has 1 aromatic heterocycles. The molecule has 3 rings (SSSR count). The molecule has 0 spiro atoms. The zero-order chi connectivity index (χ0) is 13.8. The largest absolute Gasteiger partial charge is 0.313 e. The third-order valence-electron chi connectivity index (χ3n) is 4.04. The van der Waals surface area contributed by atoms with E-state index < -0.39 is 0 Å². The lowest BCUT2D eigenvalue weighted by atomic mass is 10.0. The van der Waals surface area contributed by atoms with Crippen LogP contribution in [-0.2, 0) is 12.8 Å². The van der Waals surface area contributed by atoms with Gasteiger partial charge in [-0.3, -0.25) is 0 Å². The fourth-order valence-corrected chi connectivity index (χ4v) is 2.92. The maximum Gasteiger partial charge on any atom is 0.132 e. The minimum absolute atomic E-state index is 0.415. The van der Waals surface area contributed by atoms with Gasteiger partial charge in [0.1, 0.15) is 5.82 Å². The number of fused-ring (bicyclic) bond motifs is 1. The molecule has 0 saturated carbocycles. The van der Waals surface area contributed by atoms with Crippen LogP contribution in [0, 0.1) is 0 Å². The Morgan fingerprint density at radius 1 is 1.20 bits per heavy atom. The highest BCUT2D eigenvalue weighted by Crippen LogP contribution is 2.26. The SMILES string of the molecule is CNC1CCCCc2nc(Cc3ccccc3)ncc21. The second-order valence-corrected chi connectivity index (χ2v) is 5.44. The van der Waals surface area contributed by atoms with Crippen molar-refractivity contribution in [3.8, 4) is 0 Å². The molecule has 3 nitrogen and oxygen atoms in total. The predicted octanol–water partition coefficient (Wildman–Crippen LogP) is 3.05. The van der Waals surface area contributed by atoms with Gasteiger partial charge in [0.05, 0.1) is 0 Å². The second-order valence-electron chi connectivity index (χ2n) is 5.44. The van der Waals surface area contributed by atoms with Crippen LogP contribution in [0.25, 0.3) is 0 Å². The quantitative estimate of drug-likeness (QED) is 0.869. The van der Waals surface area contributed by atoms with Crippen molar-refractivity contribution < 1.29 is 0 Å². The number of rotatable bonds is 3. The third-order valence-corrected chi connectivity index (χ3v) is 4.04. The Morgan fingerprint density at radius 3 is 2.85 bits per heavy atom. The first-order chi connectivity index (χ1) is 9.86. The molecule has 0 saturated heterocycles. The number of aryl methyl sites for hydroxylation is 1. The molecule has 0 bridgehead atoms. The molecular weight excluding hydrogens is 246 g/mol. The van der Waals surface area contributed by atoms with E-state index in [0.717, 1.165) is 18.7 Å². The van der Waals surface area contributed by atoms with Crippen LogP contribution in [0.2, 0.25) is 0 Å². The summed E-state index contributed by atoms with van der Waals surface area (Å²) >= 11 is 0. The summed E-state index contributed by atoms with van der Waals surface area (Å²) in [6.07, 6.45) is 7.61. The van der Waals surface area contributed by atoms with Crippen molar-refractivity contribution in [1.29, 1.82) is 0 Å². The summed E-state index contributed by atoms with van der Waals surface area (Å²) < 4.78 is 0. The topological polar surface area (TPSA) is 37.8 Å². The Hall–Kier alpha value is -1.74. The van der Waals surface area contributed by atoms with Crippen molar-refractivity contribution >= 4 is 0 Å². The summed E-state index contributed by atoms with van der Waals surface area (Å²) in [4.78, 5) is 9.39. The average molecular weight is 267 g/mol. The fourth-order valence-electron chi connectivity index (χ4n) is 2.92. The molecule has 1 N–H and O–H groups in total. The van der Waals surface area contributed by atoms with Crippen LogP contribution >= 0.6 is 0 Å². The van der Waals surface area contributed by atoms with Gasteiger partial charge in [-0.1, -0.05) is 36.8 Å². The van der Waals surface area contributed by atoms with Crippen LogP contribution in [-0.4, -0.2) is 17.0 Å². The summed E-state index contributed by atoms with van der Waals surface area (Å²) in [5.74, 6) is 0.937. The summed E-state index contributed by atoms with van der Waals surface area (Å²) in [6.45, 7) is 0. The normalized spacial score (nSPS) is 18.4. The molecule has 3 heteroatoms. The van der Waals surface area contributed by atoms with Gasteiger partial charge in [-0.15, -0.1) is 0 Å². The number of nitrogens with one attached hydrogen (secondary N) is 1. The highest BCUT2D eigenvalue weighted by Gasteiger charge is 2.19. The first kappa shape index (κ1) is 13.3. The highest BCUT2D eigenvalue weighted by molar-refractivity contribution is 5.25. The Morgan fingerprint density at radius 2 is 2.05 bits per heavy atom. The van der Waals surface area contributed by atoms with Crippen molar-refractivity contribution in [2.45, 2.75) is 38.1 Å². The third kappa shape index (κ3) is 2.88. The van der Waals surface area contributed by atoms with Crippen molar-refractivity contribution in [3.05, 3.63) is 59.2 Å². The van der Waals surface area contributed by atoms with Crippen molar-refractivity contribution in [3.63, 3.8) is 0 Å². The van der Waals surface area contributed by atoms with Crippen molar-refractivity contribution in [2.24, 2.45) is 0 Å². The molecule has 0 fully saturated rings. The molecule has 1 aromatic carbocycles. The van der Waals surface area contributed by atoms with E-state index in [4.69, 9.17) is 4.98 Å². The number of hydrogen-bond donors (Lipinski definition) is 1. The standard InChI is InChI=1S/C17H21N3/c1-18-15-9-5-6-10-16-14(15)12-19-17(20-16)11-13-7-3-2-4-8-13/h2-4,7-8,12,15,18H,5-6,9-11H2,1H3. The lowest BCUT2D eigenvalue weighted by Gasteiger charge is -2.16. The van der Waals surface area contributed by atoms with Gasteiger partial charge in [-0.05, 0) is 31.9 Å². The van der Waals surface area contributed by atoms with Crippen molar-refractivity contribution in [2.75, 3.05) is 7.05 Å². The minimum Gasteiger partial charge on any atom is -0.313 e. The summed E-state index contributed by atoms with van der Waals surface area (Å²) in [5, 5.41) is 3.39. The molecular formula is C17H21N3. The monoisotopic (exact) mass is 267 g/mol. The maximum atomic E-state index is 4.82. The van der Waals surface area contributed by atoms with Gasteiger partial charge in [-0.25, -0.2) is 9.97 Å². The smallest absolute Gasteiger partial charge is 0.132 e. The summed E-state index contributed by atoms with van der Waals surface area (Å²) in [7, 11) is 2.03. The predicted molar refractivity (Wildman–Crippen MR) is 80.6 cm³/mol. The van der Waals surface area contributed by atoms with Gasteiger partial charge in [0, 0.05) is 29.9 Å². The van der Waals surface area contributed by atoms with Gasteiger partial charge >= 0.3 is 0 Å². The molecule has 0 radical (unpaired) electrons. The molecule has 20 heavy (non-hydrogen) atoms. The van der Waals surface area contributed by atoms with E-state index in [1.807, 2.05) is 19.3 Å². The van der Waals surface area contributed by atoms with Gasteiger partial charge in [0.25, 0.3) is 0 Å². The highest BCUT2D eigenvalue weighted by atomic mass is 14.9. The van der Waals surface area contributed by atoms with E-state index >= 15 is 0 Å². The van der Waals surface area contributed by atoms with E-state index in [-0.39, 0.29) is 0 Å². The number of benzene rings is 1. The minimum atomic E-state index is 0.415. The lowest BCUT2D eigenvalue weighted by Crippen LogP contribution is -2.18. The maximum absolute atomic E-state index is 4.82. The Labute approximate surface area is 120 Å². The van der Waals surface area contributed by atoms with Crippen LogP contribution in [0.1, 0.15) is 47.9 Å². The first-order valence-electron chi connectivity index (χ1n) is 7.42. The zero-order valence-corrected chi connectivity index (χ0v) is 12.0. The summed E-state index contributed by atoms with van der Waals surface area (Å²) in [6, 6.07) is 10.8. The molecule has 1 heterocycles. The molecule has 1 aliphatic rings. The van der Waals surface area contributed by atoms with E-state index in [2.05, 4.69) is 34.6 Å². The molecule has 0 aliphatic heterocycles. The summed E-state index contributed by atoms with van der Waals surface area (Å²) in [5.41, 5.74) is 3.80. The number of hydrogen-bond acceptors (Lipinski definition) is 3. The second kappa shape index (κ2) is 6.14. The van der Waals surface area contributed by atoms with Crippen LogP contribution < -0.4 is 5.32 Å². The molecule has 1 unspecified atom stereocenters. The Bertz CT molecular complexity index is 566. The van der Waals surface area contributed by atoms with Gasteiger partial charge in [0.2, 0.25) is 0 Å². The molecule has 2 aromatic rings. The van der Waals surface area contributed by atoms with Crippen LogP contribution in [0.15, 0.2) is 36.5 Å². The van der Waals surface area contributed by atoms with Crippen LogP contribution in [0.3, 0.4) is 0 Å². The first-order valence-corrected chi connectivity index (χ1v) is 7.42. The van der Waals surface area contributed by atoms with E-state index in [0.29, 0.717) is 6.04 Å². The van der Waals surface area contributed by atoms with E-state index in [1.165, 1.54) is 36.1 Å². The number of nitrogens with zero attached hydrogens (tertiary/aromatic N) is 2. The number of aromatic nitrogens is 2.